The highest BCUT2D eigenvalue weighted by molar-refractivity contribution is 8.14. The molecule has 0 amide bonds. The van der Waals surface area contributed by atoms with E-state index < -0.39 is 11.7 Å². The number of hydrogen-bond acceptors (Lipinski definition) is 3. The van der Waals surface area contributed by atoms with Gasteiger partial charge >= 0.3 is 6.18 Å². The van der Waals surface area contributed by atoms with Crippen LogP contribution < -0.4 is 5.73 Å². The van der Waals surface area contributed by atoms with E-state index in [2.05, 4.69) is 4.99 Å². The zero-order valence-corrected chi connectivity index (χ0v) is 11.3. The third kappa shape index (κ3) is 3.38. The van der Waals surface area contributed by atoms with Crippen molar-refractivity contribution in [2.45, 2.75) is 6.18 Å². The van der Waals surface area contributed by atoms with Gasteiger partial charge < -0.3 is 5.73 Å². The number of thiocarbonyl (C=S) groups is 1. The van der Waals surface area contributed by atoms with Gasteiger partial charge in [0.2, 0.25) is 0 Å². The van der Waals surface area contributed by atoms with Crippen molar-refractivity contribution in [3.8, 4) is 0 Å². The first-order chi connectivity index (χ1) is 8.88. The van der Waals surface area contributed by atoms with Crippen LogP contribution in [0.1, 0.15) is 5.56 Å². The summed E-state index contributed by atoms with van der Waals surface area (Å²) >= 11 is 6.35. The van der Waals surface area contributed by atoms with Crippen molar-refractivity contribution in [2.75, 3.05) is 12.3 Å². The summed E-state index contributed by atoms with van der Waals surface area (Å²) in [5, 5.41) is 0.836. The maximum absolute atomic E-state index is 12.4. The van der Waals surface area contributed by atoms with E-state index in [0.717, 1.165) is 17.9 Å². The molecule has 102 valence electrons. The molecule has 1 aliphatic rings. The maximum Gasteiger partial charge on any atom is 0.416 e. The summed E-state index contributed by atoms with van der Waals surface area (Å²) in [7, 11) is 0. The van der Waals surface area contributed by atoms with Crippen LogP contribution in [0.3, 0.4) is 0 Å². The quantitative estimate of drug-likeness (QED) is 0.810. The second kappa shape index (κ2) is 5.38. The Labute approximate surface area is 117 Å². The van der Waals surface area contributed by atoms with Gasteiger partial charge in [0.05, 0.1) is 11.3 Å². The smallest absolute Gasteiger partial charge is 0.376 e. The minimum absolute atomic E-state index is 0.218. The van der Waals surface area contributed by atoms with Gasteiger partial charge in [0.15, 0.2) is 10.3 Å². The van der Waals surface area contributed by atoms with Crippen molar-refractivity contribution < 1.29 is 13.2 Å². The lowest BCUT2D eigenvalue weighted by molar-refractivity contribution is -0.137. The molecule has 0 atom stereocenters. The number of rotatable bonds is 1. The minimum atomic E-state index is -4.33. The van der Waals surface area contributed by atoms with Crippen molar-refractivity contribution >= 4 is 39.9 Å². The summed E-state index contributed by atoms with van der Waals surface area (Å²) in [6.45, 7) is 0.666. The summed E-state index contributed by atoms with van der Waals surface area (Å²) in [5.41, 5.74) is 5.29. The van der Waals surface area contributed by atoms with Crippen LogP contribution in [0, 0.1) is 0 Å². The molecule has 0 saturated carbocycles. The molecular weight excluding hydrogens is 295 g/mol. The van der Waals surface area contributed by atoms with Crippen molar-refractivity contribution in [2.24, 2.45) is 10.7 Å². The molecule has 0 aromatic heterocycles. The van der Waals surface area contributed by atoms with Gasteiger partial charge in [-0.15, -0.1) is 0 Å². The van der Waals surface area contributed by atoms with Crippen molar-refractivity contribution in [1.82, 2.24) is 4.90 Å². The standard InChI is InChI=1S/C11H10F3N3S2/c12-11(13,14)7-1-3-8(4-2-7)16-10-17(9(15)18)5-6-19-10/h1-4H,5-6H2,(H2,15,18)/b16-10+. The molecule has 1 heterocycles. The molecule has 0 bridgehead atoms. The fraction of sp³-hybridized carbons (Fsp3) is 0.273. The van der Waals surface area contributed by atoms with E-state index in [1.807, 2.05) is 0 Å². The predicted octanol–water partition coefficient (Wildman–Crippen LogP) is 2.99. The molecule has 1 saturated heterocycles. The van der Waals surface area contributed by atoms with E-state index in [9.17, 15) is 13.2 Å². The Morgan fingerprint density at radius 2 is 1.95 bits per heavy atom. The van der Waals surface area contributed by atoms with E-state index in [-0.39, 0.29) is 5.11 Å². The van der Waals surface area contributed by atoms with Crippen LogP contribution in [0.25, 0.3) is 0 Å². The molecule has 0 radical (unpaired) electrons. The highest BCUT2D eigenvalue weighted by atomic mass is 32.2. The number of nitrogens with zero attached hydrogens (tertiary/aromatic N) is 2. The Bertz CT molecular complexity index is 511. The van der Waals surface area contributed by atoms with Crippen LogP contribution >= 0.6 is 24.0 Å². The highest BCUT2D eigenvalue weighted by Gasteiger charge is 2.30. The van der Waals surface area contributed by atoms with Crippen molar-refractivity contribution in [3.63, 3.8) is 0 Å². The van der Waals surface area contributed by atoms with Gasteiger partial charge in [-0.1, -0.05) is 11.8 Å². The molecule has 3 nitrogen and oxygen atoms in total. The maximum atomic E-state index is 12.4. The second-order valence-electron chi connectivity index (χ2n) is 3.78. The molecule has 19 heavy (non-hydrogen) atoms. The van der Waals surface area contributed by atoms with Gasteiger partial charge in [-0.25, -0.2) is 4.99 Å². The third-order valence-electron chi connectivity index (χ3n) is 2.46. The number of benzene rings is 1. The molecule has 0 unspecified atom stereocenters. The molecule has 2 rings (SSSR count). The van der Waals surface area contributed by atoms with E-state index in [1.54, 1.807) is 4.90 Å². The highest BCUT2D eigenvalue weighted by Crippen LogP contribution is 2.31. The minimum Gasteiger partial charge on any atom is -0.376 e. The van der Waals surface area contributed by atoms with Gasteiger partial charge in [-0.2, -0.15) is 13.2 Å². The normalized spacial score (nSPS) is 18.1. The summed E-state index contributed by atoms with van der Waals surface area (Å²) < 4.78 is 37.2. The largest absolute Gasteiger partial charge is 0.416 e. The Balaban J connectivity index is 2.21. The number of nitrogens with two attached hydrogens (primary N) is 1. The van der Waals surface area contributed by atoms with E-state index >= 15 is 0 Å². The average molecular weight is 305 g/mol. The molecule has 2 N–H and O–H groups in total. The van der Waals surface area contributed by atoms with Crippen LogP contribution in [0.4, 0.5) is 18.9 Å². The predicted molar refractivity (Wildman–Crippen MR) is 74.5 cm³/mol. The zero-order valence-electron chi connectivity index (χ0n) is 9.65. The fourth-order valence-corrected chi connectivity index (χ4v) is 2.74. The number of halogens is 3. The summed E-state index contributed by atoms with van der Waals surface area (Å²) in [5.74, 6) is 0.802. The first-order valence-electron chi connectivity index (χ1n) is 5.33. The molecular formula is C11H10F3N3S2. The topological polar surface area (TPSA) is 41.6 Å². The molecule has 8 heteroatoms. The van der Waals surface area contributed by atoms with Crippen molar-refractivity contribution in [1.29, 1.82) is 0 Å². The van der Waals surface area contributed by atoms with Gasteiger partial charge in [0.1, 0.15) is 0 Å². The zero-order chi connectivity index (χ0) is 14.0. The van der Waals surface area contributed by atoms with Crippen LogP contribution in [0.2, 0.25) is 0 Å². The van der Waals surface area contributed by atoms with Gasteiger partial charge in [0.25, 0.3) is 0 Å². The lowest BCUT2D eigenvalue weighted by Gasteiger charge is -2.14. The van der Waals surface area contributed by atoms with Crippen LogP contribution in [0.5, 0.6) is 0 Å². The first kappa shape index (κ1) is 14.1. The van der Waals surface area contributed by atoms with Crippen molar-refractivity contribution in [3.05, 3.63) is 29.8 Å². The second-order valence-corrected chi connectivity index (χ2v) is 5.26. The van der Waals surface area contributed by atoms with E-state index in [1.165, 1.54) is 23.9 Å². The van der Waals surface area contributed by atoms with E-state index in [4.69, 9.17) is 18.0 Å². The summed E-state index contributed by atoms with van der Waals surface area (Å²) in [4.78, 5) is 5.92. The lowest BCUT2D eigenvalue weighted by atomic mass is 10.2. The van der Waals surface area contributed by atoms with Crippen LogP contribution in [-0.2, 0) is 6.18 Å². The Morgan fingerprint density at radius 1 is 1.32 bits per heavy atom. The molecule has 0 spiro atoms. The Morgan fingerprint density at radius 3 is 2.47 bits per heavy atom. The van der Waals surface area contributed by atoms with Crippen LogP contribution in [0.15, 0.2) is 29.3 Å². The van der Waals surface area contributed by atoms with Gasteiger partial charge in [-0.3, -0.25) is 4.90 Å². The van der Waals surface area contributed by atoms with E-state index in [0.29, 0.717) is 17.4 Å². The summed E-state index contributed by atoms with van der Waals surface area (Å²) in [6.07, 6.45) is -4.33. The summed E-state index contributed by atoms with van der Waals surface area (Å²) in [6, 6.07) is 4.66. The third-order valence-corrected chi connectivity index (χ3v) is 3.64. The molecule has 1 aromatic rings. The number of thioether (sulfide) groups is 1. The van der Waals surface area contributed by atoms with Crippen LogP contribution in [-0.4, -0.2) is 27.5 Å². The van der Waals surface area contributed by atoms with Gasteiger partial charge in [-0.05, 0) is 36.5 Å². The lowest BCUT2D eigenvalue weighted by Crippen LogP contribution is -2.35. The first-order valence-corrected chi connectivity index (χ1v) is 6.73. The Kier molecular flexibility index (Phi) is 4.00. The average Bonchev–Trinajstić information content (AvgIpc) is 2.77. The Hall–Kier alpha value is -1.28. The van der Waals surface area contributed by atoms with Gasteiger partial charge in [0, 0.05) is 12.3 Å². The molecule has 1 aliphatic heterocycles. The number of hydrogen-bond donors (Lipinski definition) is 1. The monoisotopic (exact) mass is 305 g/mol. The molecule has 1 fully saturated rings. The number of aliphatic imine (C=N–C) groups is 1. The number of amidine groups is 1. The molecule has 1 aromatic carbocycles. The SMILES string of the molecule is NC(=S)N1CCS/C1=N/c1ccc(C(F)(F)F)cc1. The molecule has 0 aliphatic carbocycles. The fourth-order valence-electron chi connectivity index (χ4n) is 1.53. The number of alkyl halides is 3.